The van der Waals surface area contributed by atoms with Crippen LogP contribution in [0.3, 0.4) is 0 Å². The fourth-order valence-electron chi connectivity index (χ4n) is 6.95. The lowest BCUT2D eigenvalue weighted by Crippen LogP contribution is -2.21. The van der Waals surface area contributed by atoms with Crippen molar-refractivity contribution in [2.75, 3.05) is 0 Å². The van der Waals surface area contributed by atoms with E-state index >= 15 is 0 Å². The standard InChI is InChI=1S/C41H31N3/c1-41(2)34-19-8-7-17-31(34)32-22-21-28(24-35(32)41)38(39(42)33-18-11-14-26-12-3-5-15-29(26)33)40-30-16-6-4-13-27(30)25-37(44-40)36-20-9-10-23-43-36/h3-25,42,44H,1-2H3/b40-38-,42-39?. The Morgan fingerprint density at radius 3 is 2.27 bits per heavy atom. The molecule has 1 aromatic heterocycles. The van der Waals surface area contributed by atoms with E-state index in [1.807, 2.05) is 24.4 Å². The normalized spacial score (nSPS) is 15.5. The molecule has 2 heterocycles. The molecule has 44 heavy (non-hydrogen) atoms. The second-order valence-electron chi connectivity index (χ2n) is 12.1. The molecule has 3 nitrogen and oxygen atoms in total. The van der Waals surface area contributed by atoms with Gasteiger partial charge in [-0.15, -0.1) is 0 Å². The van der Waals surface area contributed by atoms with Crippen molar-refractivity contribution in [2.24, 2.45) is 0 Å². The molecular formula is C41H31N3. The van der Waals surface area contributed by atoms with Gasteiger partial charge in [-0.05, 0) is 68.4 Å². The first kappa shape index (κ1) is 26.1. The minimum atomic E-state index is -0.156. The van der Waals surface area contributed by atoms with Crippen LogP contribution in [-0.4, -0.2) is 10.7 Å². The number of allylic oxidation sites excluding steroid dienone is 1. The number of benzene rings is 5. The highest BCUT2D eigenvalue weighted by molar-refractivity contribution is 6.38. The molecule has 0 fully saturated rings. The fourth-order valence-corrected chi connectivity index (χ4v) is 6.95. The maximum atomic E-state index is 9.95. The van der Waals surface area contributed by atoms with Gasteiger partial charge in [0.15, 0.2) is 0 Å². The molecule has 0 amide bonds. The molecule has 2 N–H and O–H groups in total. The first-order chi connectivity index (χ1) is 21.5. The molecule has 8 rings (SSSR count). The van der Waals surface area contributed by atoms with E-state index in [1.165, 1.54) is 22.3 Å². The highest BCUT2D eigenvalue weighted by atomic mass is 14.9. The van der Waals surface area contributed by atoms with Gasteiger partial charge in [-0.3, -0.25) is 10.4 Å². The van der Waals surface area contributed by atoms with E-state index in [0.29, 0.717) is 5.71 Å². The Morgan fingerprint density at radius 2 is 1.41 bits per heavy atom. The van der Waals surface area contributed by atoms with E-state index in [9.17, 15) is 5.41 Å². The number of hydrogen-bond acceptors (Lipinski definition) is 3. The molecule has 1 aliphatic heterocycles. The van der Waals surface area contributed by atoms with Crippen LogP contribution in [0.1, 0.15) is 52.9 Å². The van der Waals surface area contributed by atoms with Crippen LogP contribution in [0.4, 0.5) is 0 Å². The Hall–Kier alpha value is -5.54. The molecule has 6 aromatic rings. The number of pyridine rings is 1. The summed E-state index contributed by atoms with van der Waals surface area (Å²) in [6.07, 6.45) is 3.98. The Morgan fingerprint density at radius 1 is 0.682 bits per heavy atom. The molecule has 0 saturated carbocycles. The van der Waals surface area contributed by atoms with Crippen LogP contribution in [0.5, 0.6) is 0 Å². The molecule has 0 spiro atoms. The third-order valence-electron chi connectivity index (χ3n) is 9.16. The zero-order valence-corrected chi connectivity index (χ0v) is 24.7. The minimum absolute atomic E-state index is 0.156. The van der Waals surface area contributed by atoms with Gasteiger partial charge < -0.3 is 5.32 Å². The first-order valence-corrected chi connectivity index (χ1v) is 15.1. The SMILES string of the molecule is CC1(C)c2ccccc2-c2ccc(/C(C(=N)c3cccc4ccccc34)=C3/NC(c4ccccn4)=Cc4ccccc43)cc21. The van der Waals surface area contributed by atoms with Gasteiger partial charge in [0.05, 0.1) is 22.8 Å². The molecule has 0 radical (unpaired) electrons. The van der Waals surface area contributed by atoms with Gasteiger partial charge >= 0.3 is 0 Å². The van der Waals surface area contributed by atoms with Crippen molar-refractivity contribution in [2.45, 2.75) is 19.3 Å². The molecule has 3 heteroatoms. The minimum Gasteiger partial charge on any atom is -0.353 e. The summed E-state index contributed by atoms with van der Waals surface area (Å²) in [6.45, 7) is 4.61. The van der Waals surface area contributed by atoms with Crippen molar-refractivity contribution < 1.29 is 0 Å². The Balaban J connectivity index is 1.41. The van der Waals surface area contributed by atoms with E-state index < -0.39 is 0 Å². The van der Waals surface area contributed by atoms with E-state index in [4.69, 9.17) is 0 Å². The Kier molecular flexibility index (Phi) is 5.95. The lowest BCUT2D eigenvalue weighted by molar-refractivity contribution is 0.660. The first-order valence-electron chi connectivity index (χ1n) is 15.1. The summed E-state index contributed by atoms with van der Waals surface area (Å²) in [5.74, 6) is 0. The van der Waals surface area contributed by atoms with Crippen molar-refractivity contribution in [1.29, 1.82) is 5.41 Å². The number of nitrogens with one attached hydrogen (secondary N) is 2. The topological polar surface area (TPSA) is 48.8 Å². The average Bonchev–Trinajstić information content (AvgIpc) is 3.30. The van der Waals surface area contributed by atoms with Crippen molar-refractivity contribution in [3.05, 3.63) is 173 Å². The summed E-state index contributed by atoms with van der Waals surface area (Å²) in [7, 11) is 0. The number of rotatable bonds is 4. The van der Waals surface area contributed by atoms with E-state index in [2.05, 4.69) is 139 Å². The van der Waals surface area contributed by atoms with E-state index in [1.54, 1.807) is 0 Å². The van der Waals surface area contributed by atoms with Crippen LogP contribution < -0.4 is 5.32 Å². The van der Waals surface area contributed by atoms with Crippen LogP contribution in [0, 0.1) is 5.41 Å². The summed E-state index contributed by atoms with van der Waals surface area (Å²) < 4.78 is 0. The second kappa shape index (κ2) is 10.0. The average molecular weight is 566 g/mol. The molecule has 0 bridgehead atoms. The lowest BCUT2D eigenvalue weighted by atomic mass is 9.80. The second-order valence-corrected chi connectivity index (χ2v) is 12.1. The van der Waals surface area contributed by atoms with Gasteiger partial charge in [-0.2, -0.15) is 0 Å². The van der Waals surface area contributed by atoms with Crippen LogP contribution in [-0.2, 0) is 5.41 Å². The quantitative estimate of drug-likeness (QED) is 0.209. The number of nitrogens with zero attached hydrogens (tertiary/aromatic N) is 1. The number of hydrogen-bond donors (Lipinski definition) is 2. The van der Waals surface area contributed by atoms with Crippen molar-refractivity contribution >= 4 is 39.5 Å². The summed E-state index contributed by atoms with van der Waals surface area (Å²) in [5, 5.41) is 15.9. The van der Waals surface area contributed by atoms with Gasteiger partial charge in [0, 0.05) is 28.3 Å². The van der Waals surface area contributed by atoms with Crippen LogP contribution in [0.25, 0.3) is 44.9 Å². The predicted molar refractivity (Wildman–Crippen MR) is 183 cm³/mol. The Bertz CT molecular complexity index is 2180. The van der Waals surface area contributed by atoms with Gasteiger partial charge in [0.2, 0.25) is 0 Å². The van der Waals surface area contributed by atoms with Gasteiger partial charge in [0.1, 0.15) is 0 Å². The highest BCUT2D eigenvalue weighted by Crippen LogP contribution is 2.49. The molecule has 0 atom stereocenters. The van der Waals surface area contributed by atoms with E-state index in [0.717, 1.165) is 55.7 Å². The van der Waals surface area contributed by atoms with Crippen molar-refractivity contribution in [1.82, 2.24) is 10.3 Å². The molecule has 0 saturated heterocycles. The molecule has 1 aliphatic carbocycles. The highest BCUT2D eigenvalue weighted by Gasteiger charge is 2.36. The van der Waals surface area contributed by atoms with Gasteiger partial charge in [-0.1, -0.05) is 123 Å². The monoisotopic (exact) mass is 565 g/mol. The van der Waals surface area contributed by atoms with Crippen LogP contribution >= 0.6 is 0 Å². The lowest BCUT2D eigenvalue weighted by Gasteiger charge is -2.27. The van der Waals surface area contributed by atoms with Gasteiger partial charge in [0.25, 0.3) is 0 Å². The zero-order chi connectivity index (χ0) is 29.8. The number of fused-ring (bicyclic) bond motifs is 5. The zero-order valence-electron chi connectivity index (χ0n) is 24.7. The fraction of sp³-hybridized carbons (Fsp3) is 0.0732. The summed E-state index contributed by atoms with van der Waals surface area (Å²) in [5.41, 5.74) is 13.1. The Labute approximate surface area is 257 Å². The molecule has 210 valence electrons. The summed E-state index contributed by atoms with van der Waals surface area (Å²) in [6, 6.07) is 44.5. The van der Waals surface area contributed by atoms with Crippen LogP contribution in [0.2, 0.25) is 0 Å². The smallest absolute Gasteiger partial charge is 0.0864 e. The maximum Gasteiger partial charge on any atom is 0.0864 e. The van der Waals surface area contributed by atoms with Crippen molar-refractivity contribution in [3.63, 3.8) is 0 Å². The summed E-state index contributed by atoms with van der Waals surface area (Å²) >= 11 is 0. The number of aromatic nitrogens is 1. The predicted octanol–water partition coefficient (Wildman–Crippen LogP) is 9.58. The molecule has 0 unspecified atom stereocenters. The molecule has 5 aromatic carbocycles. The third-order valence-corrected chi connectivity index (χ3v) is 9.16. The van der Waals surface area contributed by atoms with Gasteiger partial charge in [-0.25, -0.2) is 0 Å². The van der Waals surface area contributed by atoms with Crippen LogP contribution in [0.15, 0.2) is 134 Å². The van der Waals surface area contributed by atoms with E-state index in [-0.39, 0.29) is 5.41 Å². The molecule has 2 aliphatic rings. The summed E-state index contributed by atoms with van der Waals surface area (Å²) in [4.78, 5) is 4.67. The van der Waals surface area contributed by atoms with Crippen molar-refractivity contribution in [3.8, 4) is 11.1 Å². The largest absolute Gasteiger partial charge is 0.353 e. The molecular weight excluding hydrogens is 534 g/mol. The maximum absolute atomic E-state index is 9.95. The third kappa shape index (κ3) is 4.05.